The van der Waals surface area contributed by atoms with Crippen molar-refractivity contribution in [1.29, 1.82) is 0 Å². The SMILES string of the molecule is COCCNCC1CC1c1ccc(F)c(Cl)c1. The van der Waals surface area contributed by atoms with E-state index in [0.717, 1.165) is 31.7 Å². The number of methoxy groups -OCH3 is 1. The van der Waals surface area contributed by atoms with Gasteiger partial charge < -0.3 is 10.1 Å². The van der Waals surface area contributed by atoms with Crippen molar-refractivity contribution in [2.45, 2.75) is 12.3 Å². The van der Waals surface area contributed by atoms with Gasteiger partial charge in [0.1, 0.15) is 5.82 Å². The maximum atomic E-state index is 13.0. The summed E-state index contributed by atoms with van der Waals surface area (Å²) in [5.74, 6) is 0.836. The third-order valence-corrected chi connectivity index (χ3v) is 3.47. The summed E-state index contributed by atoms with van der Waals surface area (Å²) in [6.07, 6.45) is 1.15. The summed E-state index contributed by atoms with van der Waals surface area (Å²) in [6, 6.07) is 5.03. The number of ether oxygens (including phenoxy) is 1. The van der Waals surface area contributed by atoms with Gasteiger partial charge in [0.15, 0.2) is 0 Å². The Hall–Kier alpha value is -0.640. The molecule has 2 unspecified atom stereocenters. The molecule has 0 amide bonds. The molecule has 2 nitrogen and oxygen atoms in total. The number of hydrogen-bond acceptors (Lipinski definition) is 2. The van der Waals surface area contributed by atoms with Crippen LogP contribution in [0.2, 0.25) is 5.02 Å². The van der Waals surface area contributed by atoms with E-state index in [1.807, 2.05) is 6.07 Å². The van der Waals surface area contributed by atoms with Gasteiger partial charge in [0.25, 0.3) is 0 Å². The zero-order valence-electron chi connectivity index (χ0n) is 9.88. The van der Waals surface area contributed by atoms with Gasteiger partial charge in [0.05, 0.1) is 11.6 Å². The number of nitrogens with one attached hydrogen (secondary N) is 1. The van der Waals surface area contributed by atoms with Crippen molar-refractivity contribution in [1.82, 2.24) is 5.32 Å². The highest BCUT2D eigenvalue weighted by molar-refractivity contribution is 6.30. The van der Waals surface area contributed by atoms with E-state index in [2.05, 4.69) is 5.32 Å². The molecule has 17 heavy (non-hydrogen) atoms. The second-order valence-electron chi connectivity index (χ2n) is 4.47. The first kappa shape index (κ1) is 12.8. The van der Waals surface area contributed by atoms with Crippen LogP contribution in [-0.4, -0.2) is 26.8 Å². The first-order valence-corrected chi connectivity index (χ1v) is 6.24. The molecule has 1 saturated carbocycles. The summed E-state index contributed by atoms with van der Waals surface area (Å²) in [4.78, 5) is 0. The fourth-order valence-corrected chi connectivity index (χ4v) is 2.28. The average Bonchev–Trinajstić information content (AvgIpc) is 3.08. The molecule has 1 aromatic carbocycles. The molecule has 1 aliphatic carbocycles. The summed E-state index contributed by atoms with van der Waals surface area (Å²) in [6.45, 7) is 2.60. The van der Waals surface area contributed by atoms with Crippen LogP contribution in [0, 0.1) is 11.7 Å². The third kappa shape index (κ3) is 3.41. The Balaban J connectivity index is 1.79. The molecule has 0 radical (unpaired) electrons. The molecule has 0 aromatic heterocycles. The Bertz CT molecular complexity index is 386. The van der Waals surface area contributed by atoms with Gasteiger partial charge in [0, 0.05) is 13.7 Å². The van der Waals surface area contributed by atoms with Crippen molar-refractivity contribution in [2.75, 3.05) is 26.8 Å². The summed E-state index contributed by atoms with van der Waals surface area (Å²) < 4.78 is 18.0. The minimum Gasteiger partial charge on any atom is -0.383 e. The molecule has 4 heteroatoms. The van der Waals surface area contributed by atoms with E-state index in [9.17, 15) is 4.39 Å². The Morgan fingerprint density at radius 3 is 3.06 bits per heavy atom. The minimum atomic E-state index is -0.342. The lowest BCUT2D eigenvalue weighted by Crippen LogP contribution is -2.21. The van der Waals surface area contributed by atoms with Crippen molar-refractivity contribution in [3.05, 3.63) is 34.6 Å². The van der Waals surface area contributed by atoms with E-state index in [4.69, 9.17) is 16.3 Å². The monoisotopic (exact) mass is 257 g/mol. The molecular formula is C13H17ClFNO. The highest BCUT2D eigenvalue weighted by Gasteiger charge is 2.37. The first-order valence-electron chi connectivity index (χ1n) is 5.87. The Labute approximate surface area is 106 Å². The molecule has 0 heterocycles. The van der Waals surface area contributed by atoms with Gasteiger partial charge in [0.2, 0.25) is 0 Å². The van der Waals surface area contributed by atoms with Gasteiger partial charge >= 0.3 is 0 Å². The van der Waals surface area contributed by atoms with Crippen LogP contribution in [0.3, 0.4) is 0 Å². The Kier molecular flexibility index (Phi) is 4.37. The molecule has 2 atom stereocenters. The van der Waals surface area contributed by atoms with Crippen LogP contribution < -0.4 is 5.32 Å². The fourth-order valence-electron chi connectivity index (χ4n) is 2.09. The normalized spacial score (nSPS) is 22.8. The fraction of sp³-hybridized carbons (Fsp3) is 0.538. The van der Waals surface area contributed by atoms with E-state index in [1.165, 1.54) is 6.07 Å². The molecular weight excluding hydrogens is 241 g/mol. The van der Waals surface area contributed by atoms with Crippen molar-refractivity contribution < 1.29 is 9.13 Å². The number of benzene rings is 1. The molecule has 0 bridgehead atoms. The maximum Gasteiger partial charge on any atom is 0.141 e. The molecule has 0 aliphatic heterocycles. The summed E-state index contributed by atoms with van der Waals surface area (Å²) in [5.41, 5.74) is 1.15. The van der Waals surface area contributed by atoms with Crippen molar-refractivity contribution in [3.63, 3.8) is 0 Å². The summed E-state index contributed by atoms with van der Waals surface area (Å²) in [7, 11) is 1.70. The summed E-state index contributed by atoms with van der Waals surface area (Å²) >= 11 is 5.77. The van der Waals surface area contributed by atoms with Crippen LogP contribution in [0.4, 0.5) is 4.39 Å². The Morgan fingerprint density at radius 2 is 2.35 bits per heavy atom. The molecule has 1 aliphatic rings. The van der Waals surface area contributed by atoms with Crippen LogP contribution in [0.5, 0.6) is 0 Å². The zero-order chi connectivity index (χ0) is 12.3. The predicted molar refractivity (Wildman–Crippen MR) is 67.0 cm³/mol. The lowest BCUT2D eigenvalue weighted by Gasteiger charge is -2.04. The second-order valence-corrected chi connectivity index (χ2v) is 4.88. The second kappa shape index (κ2) is 5.80. The van der Waals surface area contributed by atoms with Gasteiger partial charge in [-0.2, -0.15) is 0 Å². The largest absolute Gasteiger partial charge is 0.383 e. The highest BCUT2D eigenvalue weighted by atomic mass is 35.5. The van der Waals surface area contributed by atoms with Gasteiger partial charge in [-0.1, -0.05) is 17.7 Å². The molecule has 0 saturated heterocycles. The molecule has 94 valence electrons. The Morgan fingerprint density at radius 1 is 1.53 bits per heavy atom. The number of rotatable bonds is 6. The molecule has 0 spiro atoms. The maximum absolute atomic E-state index is 13.0. The average molecular weight is 258 g/mol. The van der Waals surface area contributed by atoms with Gasteiger partial charge in [-0.15, -0.1) is 0 Å². The van der Waals surface area contributed by atoms with E-state index in [-0.39, 0.29) is 10.8 Å². The summed E-state index contributed by atoms with van der Waals surface area (Å²) in [5, 5.41) is 3.56. The van der Waals surface area contributed by atoms with Crippen LogP contribution in [-0.2, 0) is 4.74 Å². The van der Waals surface area contributed by atoms with Gasteiger partial charge in [-0.3, -0.25) is 0 Å². The first-order chi connectivity index (χ1) is 8.22. The predicted octanol–water partition coefficient (Wildman–Crippen LogP) is 2.82. The van der Waals surface area contributed by atoms with Crippen LogP contribution >= 0.6 is 11.6 Å². The van der Waals surface area contributed by atoms with E-state index in [0.29, 0.717) is 11.8 Å². The van der Waals surface area contributed by atoms with Crippen LogP contribution in [0.25, 0.3) is 0 Å². The molecule has 2 rings (SSSR count). The van der Waals surface area contributed by atoms with E-state index >= 15 is 0 Å². The topological polar surface area (TPSA) is 21.3 Å². The van der Waals surface area contributed by atoms with E-state index in [1.54, 1.807) is 13.2 Å². The van der Waals surface area contributed by atoms with Crippen molar-refractivity contribution in [3.8, 4) is 0 Å². The smallest absolute Gasteiger partial charge is 0.141 e. The zero-order valence-corrected chi connectivity index (χ0v) is 10.6. The molecule has 1 fully saturated rings. The highest BCUT2D eigenvalue weighted by Crippen LogP contribution is 2.47. The van der Waals surface area contributed by atoms with Crippen molar-refractivity contribution >= 4 is 11.6 Å². The minimum absolute atomic E-state index is 0.223. The van der Waals surface area contributed by atoms with Crippen LogP contribution in [0.15, 0.2) is 18.2 Å². The quantitative estimate of drug-likeness (QED) is 0.792. The van der Waals surface area contributed by atoms with Crippen LogP contribution in [0.1, 0.15) is 17.9 Å². The lowest BCUT2D eigenvalue weighted by atomic mass is 10.1. The standard InChI is InChI=1S/C13H17ClFNO/c1-17-5-4-16-8-10-6-11(10)9-2-3-13(15)12(14)7-9/h2-3,7,10-11,16H,4-6,8H2,1H3. The molecule has 1 N–H and O–H groups in total. The van der Waals surface area contributed by atoms with Gasteiger partial charge in [-0.25, -0.2) is 4.39 Å². The third-order valence-electron chi connectivity index (χ3n) is 3.18. The van der Waals surface area contributed by atoms with E-state index < -0.39 is 0 Å². The van der Waals surface area contributed by atoms with Gasteiger partial charge in [-0.05, 0) is 42.5 Å². The molecule has 1 aromatic rings. The lowest BCUT2D eigenvalue weighted by molar-refractivity contribution is 0.199. The number of halogens is 2. The number of hydrogen-bond donors (Lipinski definition) is 1. The van der Waals surface area contributed by atoms with Crippen molar-refractivity contribution in [2.24, 2.45) is 5.92 Å².